The highest BCUT2D eigenvalue weighted by atomic mass is 79.9. The van der Waals surface area contributed by atoms with Crippen molar-refractivity contribution >= 4 is 21.7 Å². The van der Waals surface area contributed by atoms with Gasteiger partial charge in [0, 0.05) is 26.2 Å². The van der Waals surface area contributed by atoms with Gasteiger partial charge in [-0.25, -0.2) is 4.98 Å². The Morgan fingerprint density at radius 2 is 2.25 bits per heavy atom. The zero-order chi connectivity index (χ0) is 11.8. The number of halogens is 1. The molecule has 5 heteroatoms. The molecular formula is C11H19BrN4. The van der Waals surface area contributed by atoms with Crippen LogP contribution < -0.4 is 11.1 Å². The summed E-state index contributed by atoms with van der Waals surface area (Å²) in [6, 6.07) is 5.85. The lowest BCUT2D eigenvalue weighted by molar-refractivity contribution is 0.307. The number of nitrogens with zero attached hydrogens (tertiary/aromatic N) is 2. The maximum atomic E-state index is 5.53. The van der Waals surface area contributed by atoms with Gasteiger partial charge in [0.05, 0.1) is 0 Å². The van der Waals surface area contributed by atoms with Crippen LogP contribution in [0.15, 0.2) is 22.8 Å². The molecule has 0 atom stereocenters. The normalized spacial score (nSPS) is 10.8. The topological polar surface area (TPSA) is 54.2 Å². The summed E-state index contributed by atoms with van der Waals surface area (Å²) in [6.45, 7) is 6.71. The molecule has 0 fully saturated rings. The van der Waals surface area contributed by atoms with Gasteiger partial charge < -0.3 is 16.0 Å². The van der Waals surface area contributed by atoms with E-state index in [4.69, 9.17) is 5.73 Å². The average molecular weight is 287 g/mol. The molecule has 0 saturated heterocycles. The van der Waals surface area contributed by atoms with Gasteiger partial charge in [0.15, 0.2) is 0 Å². The van der Waals surface area contributed by atoms with Crippen molar-refractivity contribution in [1.29, 1.82) is 0 Å². The van der Waals surface area contributed by atoms with Crippen LogP contribution >= 0.6 is 15.9 Å². The average Bonchev–Trinajstić information content (AvgIpc) is 2.28. The molecule has 0 aliphatic carbocycles. The molecule has 0 aliphatic heterocycles. The van der Waals surface area contributed by atoms with Crippen molar-refractivity contribution < 1.29 is 0 Å². The molecular weight excluding hydrogens is 268 g/mol. The quantitative estimate of drug-likeness (QED) is 0.747. The Balaban J connectivity index is 2.29. The van der Waals surface area contributed by atoms with Crippen LogP contribution in [0.4, 0.5) is 5.82 Å². The summed E-state index contributed by atoms with van der Waals surface area (Å²) in [5, 5.41) is 3.29. The van der Waals surface area contributed by atoms with Crippen LogP contribution in [0, 0.1) is 0 Å². The highest BCUT2D eigenvalue weighted by Gasteiger charge is 2.00. The van der Waals surface area contributed by atoms with Gasteiger partial charge in [-0.1, -0.05) is 13.0 Å². The fourth-order valence-corrected chi connectivity index (χ4v) is 1.80. The highest BCUT2D eigenvalue weighted by molar-refractivity contribution is 9.10. The van der Waals surface area contributed by atoms with Crippen LogP contribution in [0.1, 0.15) is 6.92 Å². The summed E-state index contributed by atoms with van der Waals surface area (Å²) in [5.74, 6) is 0.901. The van der Waals surface area contributed by atoms with Crippen molar-refractivity contribution in [3.63, 3.8) is 0 Å². The van der Waals surface area contributed by atoms with E-state index in [-0.39, 0.29) is 0 Å². The van der Waals surface area contributed by atoms with Crippen LogP contribution in [-0.2, 0) is 0 Å². The van der Waals surface area contributed by atoms with Gasteiger partial charge in [-0.05, 0) is 34.6 Å². The number of nitrogens with two attached hydrogens (primary N) is 1. The molecule has 0 bridgehead atoms. The number of hydrogen-bond donors (Lipinski definition) is 2. The van der Waals surface area contributed by atoms with E-state index in [0.29, 0.717) is 6.54 Å². The first-order valence-electron chi connectivity index (χ1n) is 5.55. The molecule has 16 heavy (non-hydrogen) atoms. The van der Waals surface area contributed by atoms with Gasteiger partial charge >= 0.3 is 0 Å². The van der Waals surface area contributed by atoms with Gasteiger partial charge in [-0.3, -0.25) is 0 Å². The van der Waals surface area contributed by atoms with E-state index in [2.05, 4.69) is 38.1 Å². The highest BCUT2D eigenvalue weighted by Crippen LogP contribution is 2.09. The van der Waals surface area contributed by atoms with E-state index in [1.165, 1.54) is 0 Å². The maximum Gasteiger partial charge on any atom is 0.127 e. The third kappa shape index (κ3) is 4.92. The zero-order valence-electron chi connectivity index (χ0n) is 9.62. The summed E-state index contributed by atoms with van der Waals surface area (Å²) in [5.41, 5.74) is 5.53. The van der Waals surface area contributed by atoms with E-state index in [9.17, 15) is 0 Å². The second-order valence-corrected chi connectivity index (χ2v) is 4.31. The number of pyridine rings is 1. The summed E-state index contributed by atoms with van der Waals surface area (Å²) < 4.78 is 0.854. The first kappa shape index (κ1) is 13.4. The minimum absolute atomic E-state index is 0.711. The summed E-state index contributed by atoms with van der Waals surface area (Å²) in [7, 11) is 0. The zero-order valence-corrected chi connectivity index (χ0v) is 11.2. The van der Waals surface area contributed by atoms with Crippen molar-refractivity contribution in [2.75, 3.05) is 38.0 Å². The van der Waals surface area contributed by atoms with E-state index in [1.54, 1.807) is 0 Å². The lowest BCUT2D eigenvalue weighted by Crippen LogP contribution is -2.33. The third-order valence-corrected chi connectivity index (χ3v) is 2.78. The predicted octanol–water partition coefficient (Wildman–Crippen LogP) is 1.54. The van der Waals surface area contributed by atoms with E-state index in [0.717, 1.165) is 36.6 Å². The van der Waals surface area contributed by atoms with Gasteiger partial charge in [0.25, 0.3) is 0 Å². The van der Waals surface area contributed by atoms with Crippen LogP contribution in [0.3, 0.4) is 0 Å². The number of rotatable bonds is 7. The molecule has 0 amide bonds. The summed E-state index contributed by atoms with van der Waals surface area (Å²) >= 11 is 3.34. The largest absolute Gasteiger partial charge is 0.369 e. The van der Waals surface area contributed by atoms with Crippen molar-refractivity contribution in [3.05, 3.63) is 22.8 Å². The fourth-order valence-electron chi connectivity index (χ4n) is 1.46. The fraction of sp³-hybridized carbons (Fsp3) is 0.545. The predicted molar refractivity (Wildman–Crippen MR) is 71.6 cm³/mol. The number of aromatic nitrogens is 1. The SMILES string of the molecule is CCN(CCN)CCNc1cccc(Br)n1. The monoisotopic (exact) mass is 286 g/mol. The van der Waals surface area contributed by atoms with Gasteiger partial charge in [0.1, 0.15) is 10.4 Å². The summed E-state index contributed by atoms with van der Waals surface area (Å²) in [4.78, 5) is 6.61. The molecule has 1 rings (SSSR count). The maximum absolute atomic E-state index is 5.53. The second-order valence-electron chi connectivity index (χ2n) is 3.50. The lowest BCUT2D eigenvalue weighted by atomic mass is 10.4. The molecule has 3 N–H and O–H groups in total. The smallest absolute Gasteiger partial charge is 0.127 e. The minimum atomic E-state index is 0.711. The Kier molecular flexibility index (Phi) is 6.37. The van der Waals surface area contributed by atoms with Crippen molar-refractivity contribution in [2.24, 2.45) is 5.73 Å². The minimum Gasteiger partial charge on any atom is -0.369 e. The van der Waals surface area contributed by atoms with E-state index in [1.807, 2.05) is 18.2 Å². The molecule has 90 valence electrons. The molecule has 1 heterocycles. The molecule has 0 unspecified atom stereocenters. The Labute approximate surface area is 105 Å². The second kappa shape index (κ2) is 7.60. The van der Waals surface area contributed by atoms with Crippen molar-refractivity contribution in [3.8, 4) is 0 Å². The molecule has 4 nitrogen and oxygen atoms in total. The standard InChI is InChI=1S/C11H19BrN4/c1-2-16(8-6-13)9-7-14-11-5-3-4-10(12)15-11/h3-5H,2,6-9,13H2,1H3,(H,14,15). The third-order valence-electron chi connectivity index (χ3n) is 2.34. The summed E-state index contributed by atoms with van der Waals surface area (Å²) in [6.07, 6.45) is 0. The molecule has 0 saturated carbocycles. The number of nitrogens with one attached hydrogen (secondary N) is 1. The molecule has 0 aromatic carbocycles. The lowest BCUT2D eigenvalue weighted by Gasteiger charge is -2.19. The number of anilines is 1. The van der Waals surface area contributed by atoms with E-state index >= 15 is 0 Å². The van der Waals surface area contributed by atoms with Crippen LogP contribution in [0.25, 0.3) is 0 Å². The van der Waals surface area contributed by atoms with Crippen molar-refractivity contribution in [1.82, 2.24) is 9.88 Å². The van der Waals surface area contributed by atoms with Gasteiger partial charge in [-0.2, -0.15) is 0 Å². The molecule has 1 aromatic rings. The van der Waals surface area contributed by atoms with Crippen LogP contribution in [0.5, 0.6) is 0 Å². The van der Waals surface area contributed by atoms with Crippen LogP contribution in [-0.4, -0.2) is 42.6 Å². The van der Waals surface area contributed by atoms with Crippen LogP contribution in [0.2, 0.25) is 0 Å². The molecule has 0 aliphatic rings. The van der Waals surface area contributed by atoms with Gasteiger partial charge in [-0.15, -0.1) is 0 Å². The Morgan fingerprint density at radius 1 is 1.44 bits per heavy atom. The van der Waals surface area contributed by atoms with Gasteiger partial charge in [0.2, 0.25) is 0 Å². The van der Waals surface area contributed by atoms with Crippen molar-refractivity contribution in [2.45, 2.75) is 6.92 Å². The first-order valence-corrected chi connectivity index (χ1v) is 6.34. The Hall–Kier alpha value is -0.650. The number of likely N-dealkylation sites (N-methyl/N-ethyl adjacent to an activating group) is 1. The Bertz CT molecular complexity index is 306. The Morgan fingerprint density at radius 3 is 2.88 bits per heavy atom. The molecule has 0 radical (unpaired) electrons. The van der Waals surface area contributed by atoms with E-state index < -0.39 is 0 Å². The number of hydrogen-bond acceptors (Lipinski definition) is 4. The molecule has 1 aromatic heterocycles. The first-order chi connectivity index (χ1) is 7.76. The molecule has 0 spiro atoms.